The Hall–Kier alpha value is -1.34. The molecule has 0 spiro atoms. The molecule has 0 bridgehead atoms. The Morgan fingerprint density at radius 1 is 1.25 bits per heavy atom. The number of aromatic nitrogens is 2. The molecule has 0 fully saturated rings. The Morgan fingerprint density at radius 2 is 1.90 bits per heavy atom. The second-order valence-corrected chi connectivity index (χ2v) is 3.52. The van der Waals surface area contributed by atoms with Gasteiger partial charge in [0.25, 0.3) is 5.56 Å². The summed E-state index contributed by atoms with van der Waals surface area (Å²) in [7, 11) is 0. The highest BCUT2D eigenvalue weighted by atomic mass is 35.5. The largest absolute Gasteiger partial charge is 0.480 e. The number of carbonyl (C=O) groups is 1. The zero-order chi connectivity index (χ0) is 12.3. The Morgan fingerprint density at radius 3 is 2.55 bits per heavy atom. The van der Waals surface area contributed by atoms with Crippen LogP contribution in [0.15, 0.2) is 35.4 Å². The van der Waals surface area contributed by atoms with Crippen LogP contribution < -0.4 is 10.9 Å². The first-order chi connectivity index (χ1) is 8.18. The Kier molecular flexibility index (Phi) is 10.0. The summed E-state index contributed by atoms with van der Waals surface area (Å²) in [5.41, 5.74) is 0.445. The lowest BCUT2D eigenvalue weighted by molar-refractivity contribution is -0.136. The van der Waals surface area contributed by atoms with E-state index < -0.39 is 5.97 Å². The second-order valence-electron chi connectivity index (χ2n) is 3.52. The van der Waals surface area contributed by atoms with Crippen molar-refractivity contribution in [2.45, 2.75) is 6.67 Å². The lowest BCUT2D eigenvalue weighted by Gasteiger charge is -2.06. The Bertz CT molecular complexity index is 618. The summed E-state index contributed by atoms with van der Waals surface area (Å²) in [5, 5.41) is 11.6. The van der Waals surface area contributed by atoms with Gasteiger partial charge in [-0.25, -0.2) is 4.98 Å². The number of benzene rings is 1. The van der Waals surface area contributed by atoms with Gasteiger partial charge in [0.15, 0.2) is 0 Å². The molecule has 20 heavy (non-hydrogen) atoms. The standard InChI is InChI=1S/C11H11N3O3.3ClH/c15-10(16)5-12-6-14-7-13-9-4-2-1-3-8(9)11(14)17;;;/h1-4,7,12H,5-6H2,(H,15,16);3*1H. The van der Waals surface area contributed by atoms with Gasteiger partial charge in [-0.15, -0.1) is 37.2 Å². The van der Waals surface area contributed by atoms with E-state index in [0.717, 1.165) is 0 Å². The van der Waals surface area contributed by atoms with Crippen LogP contribution in [-0.2, 0) is 11.5 Å². The summed E-state index contributed by atoms with van der Waals surface area (Å²) < 4.78 is 1.34. The van der Waals surface area contributed by atoms with Crippen molar-refractivity contribution in [1.29, 1.82) is 0 Å². The van der Waals surface area contributed by atoms with Crippen LogP contribution in [0.25, 0.3) is 10.9 Å². The third kappa shape index (κ3) is 4.97. The topological polar surface area (TPSA) is 84.2 Å². The first-order valence-corrected chi connectivity index (χ1v) is 5.05. The van der Waals surface area contributed by atoms with E-state index in [1.54, 1.807) is 18.2 Å². The molecule has 1 aromatic heterocycles. The van der Waals surface area contributed by atoms with Crippen LogP contribution in [0.5, 0.6) is 0 Å². The number of hydrogen-bond donors (Lipinski definition) is 2. The van der Waals surface area contributed by atoms with Crippen LogP contribution >= 0.6 is 37.2 Å². The van der Waals surface area contributed by atoms with E-state index in [4.69, 9.17) is 5.11 Å². The van der Waals surface area contributed by atoms with Crippen LogP contribution in [-0.4, -0.2) is 27.2 Å². The van der Waals surface area contributed by atoms with Crippen molar-refractivity contribution in [2.75, 3.05) is 6.54 Å². The highest BCUT2D eigenvalue weighted by Gasteiger charge is 2.03. The van der Waals surface area contributed by atoms with Crippen LogP contribution in [0, 0.1) is 0 Å². The molecule has 0 saturated carbocycles. The van der Waals surface area contributed by atoms with Gasteiger partial charge >= 0.3 is 5.97 Å². The number of para-hydroxylation sites is 1. The van der Waals surface area contributed by atoms with E-state index in [2.05, 4.69) is 10.3 Å². The van der Waals surface area contributed by atoms with E-state index in [1.165, 1.54) is 10.9 Å². The summed E-state index contributed by atoms with van der Waals surface area (Å²) in [6.45, 7) is -0.0672. The van der Waals surface area contributed by atoms with Crippen molar-refractivity contribution in [3.63, 3.8) is 0 Å². The number of halogens is 3. The number of nitrogens with zero attached hydrogens (tertiary/aromatic N) is 2. The van der Waals surface area contributed by atoms with Gasteiger partial charge in [-0.1, -0.05) is 12.1 Å². The molecule has 0 aliphatic carbocycles. The first-order valence-electron chi connectivity index (χ1n) is 5.05. The number of aliphatic carboxylic acids is 1. The molecular formula is C11H14Cl3N3O3. The van der Waals surface area contributed by atoms with Gasteiger partial charge in [0.05, 0.1) is 30.4 Å². The fourth-order valence-corrected chi connectivity index (χ4v) is 1.50. The van der Waals surface area contributed by atoms with Crippen molar-refractivity contribution in [1.82, 2.24) is 14.9 Å². The summed E-state index contributed by atoms with van der Waals surface area (Å²) in [6, 6.07) is 7.02. The third-order valence-electron chi connectivity index (χ3n) is 2.29. The monoisotopic (exact) mass is 341 g/mol. The predicted octanol–water partition coefficient (Wildman–Crippen LogP) is 1.29. The van der Waals surface area contributed by atoms with Gasteiger partial charge in [0, 0.05) is 0 Å². The van der Waals surface area contributed by atoms with Crippen LogP contribution in [0.2, 0.25) is 0 Å². The molecule has 0 radical (unpaired) electrons. The van der Waals surface area contributed by atoms with Gasteiger partial charge in [0.1, 0.15) is 0 Å². The molecule has 0 aliphatic rings. The van der Waals surface area contributed by atoms with E-state index in [9.17, 15) is 9.59 Å². The molecule has 1 heterocycles. The normalized spacial score (nSPS) is 9.00. The van der Waals surface area contributed by atoms with Crippen LogP contribution in [0.3, 0.4) is 0 Å². The Labute approximate surface area is 133 Å². The number of carboxylic acids is 1. The SMILES string of the molecule is Cl.Cl.Cl.O=C(O)CNCn1cnc2ccccc2c1=O. The predicted molar refractivity (Wildman–Crippen MR) is 83.4 cm³/mol. The number of carboxylic acid groups (broad SMARTS) is 1. The van der Waals surface area contributed by atoms with Gasteiger partial charge in [-0.2, -0.15) is 0 Å². The zero-order valence-corrected chi connectivity index (χ0v) is 12.6. The van der Waals surface area contributed by atoms with Crippen LogP contribution in [0.4, 0.5) is 0 Å². The van der Waals surface area contributed by atoms with E-state index >= 15 is 0 Å². The van der Waals surface area contributed by atoms with Crippen molar-refractivity contribution < 1.29 is 9.90 Å². The maximum absolute atomic E-state index is 11.9. The number of nitrogens with one attached hydrogen (secondary N) is 1. The molecule has 2 aromatic rings. The van der Waals surface area contributed by atoms with Crippen molar-refractivity contribution in [2.24, 2.45) is 0 Å². The highest BCUT2D eigenvalue weighted by molar-refractivity contribution is 5.86. The summed E-state index contributed by atoms with van der Waals surface area (Å²) in [6.07, 6.45) is 1.40. The molecule has 2 N–H and O–H groups in total. The molecule has 0 unspecified atom stereocenters. The first kappa shape index (κ1) is 21.0. The summed E-state index contributed by atoms with van der Waals surface area (Å²) >= 11 is 0. The fourth-order valence-electron chi connectivity index (χ4n) is 1.50. The minimum Gasteiger partial charge on any atom is -0.480 e. The average Bonchev–Trinajstić information content (AvgIpc) is 2.32. The van der Waals surface area contributed by atoms with Gasteiger partial charge in [-0.3, -0.25) is 19.5 Å². The molecule has 6 nitrogen and oxygen atoms in total. The Balaban J connectivity index is 0. The number of rotatable bonds is 4. The van der Waals surface area contributed by atoms with Crippen molar-refractivity contribution in [3.8, 4) is 0 Å². The minimum atomic E-state index is -0.966. The maximum atomic E-state index is 11.9. The molecule has 0 saturated heterocycles. The summed E-state index contributed by atoms with van der Waals surface area (Å²) in [4.78, 5) is 26.4. The molecule has 1 aromatic carbocycles. The lowest BCUT2D eigenvalue weighted by Crippen LogP contribution is -2.31. The van der Waals surface area contributed by atoms with Gasteiger partial charge in [-0.05, 0) is 12.1 Å². The third-order valence-corrected chi connectivity index (χ3v) is 2.29. The molecule has 2 rings (SSSR count). The molecule has 0 atom stereocenters. The van der Waals surface area contributed by atoms with E-state index in [0.29, 0.717) is 10.9 Å². The molecule has 0 amide bonds. The maximum Gasteiger partial charge on any atom is 0.317 e. The number of fused-ring (bicyclic) bond motifs is 1. The van der Waals surface area contributed by atoms with Gasteiger partial charge < -0.3 is 5.11 Å². The van der Waals surface area contributed by atoms with Crippen molar-refractivity contribution in [3.05, 3.63) is 40.9 Å². The highest BCUT2D eigenvalue weighted by Crippen LogP contribution is 2.03. The van der Waals surface area contributed by atoms with Gasteiger partial charge in [0.2, 0.25) is 0 Å². The molecule has 112 valence electrons. The van der Waals surface area contributed by atoms with E-state index in [1.807, 2.05) is 6.07 Å². The van der Waals surface area contributed by atoms with E-state index in [-0.39, 0.29) is 56.0 Å². The lowest BCUT2D eigenvalue weighted by atomic mass is 10.2. The molecule has 0 aliphatic heterocycles. The van der Waals surface area contributed by atoms with Crippen molar-refractivity contribution >= 4 is 54.1 Å². The number of hydrogen-bond acceptors (Lipinski definition) is 4. The molecule has 9 heteroatoms. The average molecular weight is 343 g/mol. The minimum absolute atomic E-state index is 0. The summed E-state index contributed by atoms with van der Waals surface area (Å²) in [5.74, 6) is -0.966. The smallest absolute Gasteiger partial charge is 0.317 e. The fraction of sp³-hybridized carbons (Fsp3) is 0.182. The van der Waals surface area contributed by atoms with Crippen LogP contribution in [0.1, 0.15) is 0 Å². The molecular weight excluding hydrogens is 328 g/mol. The second kappa shape index (κ2) is 9.55. The quantitative estimate of drug-likeness (QED) is 0.875. The zero-order valence-electron chi connectivity index (χ0n) is 10.2.